The molecule has 41 heavy (non-hydrogen) atoms. The van der Waals surface area contributed by atoms with Crippen molar-refractivity contribution in [2.75, 3.05) is 10.6 Å². The predicted octanol–water partition coefficient (Wildman–Crippen LogP) is 8.12. The average Bonchev–Trinajstić information content (AvgIpc) is 3.60. The summed E-state index contributed by atoms with van der Waals surface area (Å²) in [7, 11) is 0. The molecule has 0 aliphatic rings. The third kappa shape index (κ3) is 5.75. The van der Waals surface area contributed by atoms with Crippen LogP contribution in [0.2, 0.25) is 0 Å². The first-order valence-electron chi connectivity index (χ1n) is 12.5. The molecule has 0 unspecified atom stereocenters. The van der Waals surface area contributed by atoms with Gasteiger partial charge in [-0.3, -0.25) is 8.99 Å². The van der Waals surface area contributed by atoms with Crippen LogP contribution in [0.15, 0.2) is 108 Å². The third-order valence-corrected chi connectivity index (χ3v) is 7.07. The highest BCUT2D eigenvalue weighted by atomic mass is 32.2. The summed E-state index contributed by atoms with van der Waals surface area (Å²) in [6, 6.07) is 31.5. The van der Waals surface area contributed by atoms with Gasteiger partial charge in [-0.1, -0.05) is 53.7 Å². The number of alkyl halides is 3. The third-order valence-electron chi connectivity index (χ3n) is 6.28. The summed E-state index contributed by atoms with van der Waals surface area (Å²) >= 11 is 1.62. The number of fused-ring (bicyclic) bond motifs is 1. The summed E-state index contributed by atoms with van der Waals surface area (Å²) in [6.45, 7) is 0.507. The van der Waals surface area contributed by atoms with Crippen LogP contribution in [0.25, 0.3) is 33.9 Å². The van der Waals surface area contributed by atoms with E-state index in [1.165, 1.54) is 24.3 Å². The van der Waals surface area contributed by atoms with E-state index in [4.69, 9.17) is 9.62 Å². The Hall–Kier alpha value is -4.77. The van der Waals surface area contributed by atoms with Crippen molar-refractivity contribution in [1.29, 1.82) is 0 Å². The van der Waals surface area contributed by atoms with Crippen molar-refractivity contribution in [2.45, 2.75) is 12.9 Å². The van der Waals surface area contributed by atoms with E-state index < -0.39 is 6.36 Å². The van der Waals surface area contributed by atoms with Crippen molar-refractivity contribution in [2.24, 2.45) is 0 Å². The quantitative estimate of drug-likeness (QED) is 0.170. The van der Waals surface area contributed by atoms with Gasteiger partial charge in [-0.2, -0.15) is 10.1 Å². The van der Waals surface area contributed by atoms with Gasteiger partial charge in [-0.05, 0) is 72.1 Å². The van der Waals surface area contributed by atoms with Crippen molar-refractivity contribution in [3.05, 3.63) is 109 Å². The largest absolute Gasteiger partial charge is 0.573 e. The summed E-state index contributed by atoms with van der Waals surface area (Å²) in [4.78, 5) is 4.48. The number of rotatable bonds is 8. The normalized spacial score (nSPS) is 11.6. The molecule has 0 fully saturated rings. The van der Waals surface area contributed by atoms with Crippen molar-refractivity contribution in [3.63, 3.8) is 0 Å². The second-order valence-electron chi connectivity index (χ2n) is 9.00. The lowest BCUT2D eigenvalue weighted by atomic mass is 10.1. The van der Waals surface area contributed by atoms with E-state index in [1.807, 2.05) is 59.5 Å². The number of halogens is 3. The molecule has 11 heteroatoms. The number of para-hydroxylation sites is 2. The zero-order valence-corrected chi connectivity index (χ0v) is 22.4. The van der Waals surface area contributed by atoms with Crippen LogP contribution in [-0.2, 0) is 6.54 Å². The molecule has 2 aromatic heterocycles. The van der Waals surface area contributed by atoms with Gasteiger partial charge >= 0.3 is 6.36 Å². The first-order valence-corrected chi connectivity index (χ1v) is 13.7. The van der Waals surface area contributed by atoms with Crippen LogP contribution in [-0.4, -0.2) is 32.5 Å². The molecule has 0 aliphatic carbocycles. The van der Waals surface area contributed by atoms with E-state index in [1.54, 1.807) is 11.9 Å². The standard InChI is InChI=1S/C30H22F3N5O2S/c1-41-38(22-9-3-2-4-10-22)23-11-7-8-20(18-23)19-37-26-13-6-5-12-25(26)27(35-37)29-34-28(36-40-29)21-14-16-24(17-15-21)39-30(31,32)33/h2-18H,19H2,1H3. The molecule has 4 aromatic carbocycles. The second kappa shape index (κ2) is 11.0. The Morgan fingerprint density at radius 1 is 0.878 bits per heavy atom. The molecule has 6 rings (SSSR count). The molecule has 0 spiro atoms. The number of benzene rings is 4. The lowest BCUT2D eigenvalue weighted by molar-refractivity contribution is -0.274. The van der Waals surface area contributed by atoms with E-state index in [0.29, 0.717) is 17.8 Å². The van der Waals surface area contributed by atoms with Crippen molar-refractivity contribution in [3.8, 4) is 28.7 Å². The van der Waals surface area contributed by atoms with Gasteiger partial charge in [0, 0.05) is 17.2 Å². The van der Waals surface area contributed by atoms with Gasteiger partial charge < -0.3 is 9.26 Å². The van der Waals surface area contributed by atoms with Crippen LogP contribution in [0.5, 0.6) is 5.75 Å². The Kier molecular flexibility index (Phi) is 7.10. The van der Waals surface area contributed by atoms with E-state index in [9.17, 15) is 13.2 Å². The molecule has 206 valence electrons. The van der Waals surface area contributed by atoms with Gasteiger partial charge in [-0.15, -0.1) is 13.2 Å². The highest BCUT2D eigenvalue weighted by molar-refractivity contribution is 8.00. The topological polar surface area (TPSA) is 69.2 Å². The first kappa shape index (κ1) is 26.5. The molecule has 0 radical (unpaired) electrons. The summed E-state index contributed by atoms with van der Waals surface area (Å²) in [5.74, 6) is 0.100. The molecule has 0 N–H and O–H groups in total. The van der Waals surface area contributed by atoms with Gasteiger partial charge in [0.2, 0.25) is 5.82 Å². The number of hydrogen-bond acceptors (Lipinski definition) is 7. The summed E-state index contributed by atoms with van der Waals surface area (Å²) in [5, 5.41) is 9.69. The van der Waals surface area contributed by atoms with Gasteiger partial charge in [-0.25, -0.2) is 0 Å². The first-order chi connectivity index (χ1) is 19.9. The minimum atomic E-state index is -4.77. The number of nitrogens with zero attached hydrogens (tertiary/aromatic N) is 5. The lowest BCUT2D eigenvalue weighted by Crippen LogP contribution is -2.16. The van der Waals surface area contributed by atoms with Gasteiger partial charge in [0.15, 0.2) is 5.69 Å². The van der Waals surface area contributed by atoms with Crippen molar-refractivity contribution in [1.82, 2.24) is 19.9 Å². The van der Waals surface area contributed by atoms with Crippen LogP contribution in [0.3, 0.4) is 0 Å². The summed E-state index contributed by atoms with van der Waals surface area (Å²) in [6.07, 6.45) is -2.73. The molecule has 7 nitrogen and oxygen atoms in total. The number of anilines is 2. The van der Waals surface area contributed by atoms with E-state index in [0.717, 1.165) is 27.8 Å². The van der Waals surface area contributed by atoms with Crippen LogP contribution in [0.4, 0.5) is 24.5 Å². The molecule has 0 amide bonds. The molecule has 6 aromatic rings. The Morgan fingerprint density at radius 3 is 2.37 bits per heavy atom. The highest BCUT2D eigenvalue weighted by Gasteiger charge is 2.31. The number of aromatic nitrogens is 4. The molecule has 0 saturated heterocycles. The number of hydrogen-bond donors (Lipinski definition) is 0. The van der Waals surface area contributed by atoms with Gasteiger partial charge in [0.25, 0.3) is 5.89 Å². The van der Waals surface area contributed by atoms with Crippen LogP contribution < -0.4 is 9.04 Å². The molecule has 0 aliphatic heterocycles. The average molecular weight is 574 g/mol. The van der Waals surface area contributed by atoms with Crippen molar-refractivity contribution < 1.29 is 22.4 Å². The monoisotopic (exact) mass is 573 g/mol. The number of ether oxygens (including phenoxy) is 1. The fourth-order valence-electron chi connectivity index (χ4n) is 4.53. The molecule has 0 atom stereocenters. The van der Waals surface area contributed by atoms with E-state index >= 15 is 0 Å². The van der Waals surface area contributed by atoms with Gasteiger partial charge in [0.1, 0.15) is 5.75 Å². The fraction of sp³-hybridized carbons (Fsp3) is 0.100. The Bertz CT molecular complexity index is 1790. The zero-order chi connectivity index (χ0) is 28.4. The molecular formula is C30H22F3N5O2S. The zero-order valence-electron chi connectivity index (χ0n) is 21.6. The van der Waals surface area contributed by atoms with E-state index in [2.05, 4.69) is 49.5 Å². The molecular weight excluding hydrogens is 551 g/mol. The molecule has 2 heterocycles. The Balaban J connectivity index is 1.29. The fourth-order valence-corrected chi connectivity index (χ4v) is 5.18. The van der Waals surface area contributed by atoms with Crippen LogP contribution in [0.1, 0.15) is 5.56 Å². The smallest absolute Gasteiger partial charge is 0.406 e. The minimum Gasteiger partial charge on any atom is -0.406 e. The van der Waals surface area contributed by atoms with Crippen LogP contribution in [0, 0.1) is 0 Å². The Labute approximate surface area is 237 Å². The second-order valence-corrected chi connectivity index (χ2v) is 9.73. The Morgan fingerprint density at radius 2 is 1.61 bits per heavy atom. The lowest BCUT2D eigenvalue weighted by Gasteiger charge is -2.22. The van der Waals surface area contributed by atoms with Gasteiger partial charge in [0.05, 0.1) is 23.4 Å². The van der Waals surface area contributed by atoms with Crippen molar-refractivity contribution >= 4 is 34.2 Å². The maximum atomic E-state index is 12.5. The SMILES string of the molecule is CSN(c1ccccc1)c1cccc(Cn2nc(-c3nc(-c4ccc(OC(F)(F)F)cc4)no3)c3ccccc32)c1. The summed E-state index contributed by atoms with van der Waals surface area (Å²) in [5.41, 5.74) is 5.08. The predicted molar refractivity (Wildman–Crippen MR) is 153 cm³/mol. The highest BCUT2D eigenvalue weighted by Crippen LogP contribution is 2.33. The maximum Gasteiger partial charge on any atom is 0.573 e. The maximum absolute atomic E-state index is 12.5. The van der Waals surface area contributed by atoms with Crippen LogP contribution >= 0.6 is 11.9 Å². The molecule has 0 saturated carbocycles. The minimum absolute atomic E-state index is 0.206. The van der Waals surface area contributed by atoms with E-state index in [-0.39, 0.29) is 17.5 Å². The molecule has 0 bridgehead atoms. The summed E-state index contributed by atoms with van der Waals surface area (Å²) < 4.78 is 51.0.